The quantitative estimate of drug-likeness (QED) is 0.629. The Balaban J connectivity index is 1.91. The van der Waals surface area contributed by atoms with Gasteiger partial charge in [-0.3, -0.25) is 9.59 Å². The summed E-state index contributed by atoms with van der Waals surface area (Å²) in [4.78, 5) is 33.6. The maximum Gasteiger partial charge on any atom is 0.316 e. The van der Waals surface area contributed by atoms with Gasteiger partial charge >= 0.3 is 6.03 Å². The molecule has 7 nitrogen and oxygen atoms in total. The van der Waals surface area contributed by atoms with E-state index in [1.54, 1.807) is 54.6 Å². The predicted molar refractivity (Wildman–Crippen MR) is 98.1 cm³/mol. The van der Waals surface area contributed by atoms with E-state index in [1.807, 2.05) is 0 Å². The fraction of sp³-hybridized carbons (Fsp3) is 0.0556. The van der Waals surface area contributed by atoms with E-state index in [4.69, 9.17) is 5.73 Å². The minimum atomic E-state index is -0.649. The van der Waals surface area contributed by atoms with Crippen molar-refractivity contribution in [3.63, 3.8) is 0 Å². The third-order valence-corrected chi connectivity index (χ3v) is 3.08. The number of primary amides is 1. The van der Waals surface area contributed by atoms with Gasteiger partial charge in [-0.15, -0.1) is 0 Å². The van der Waals surface area contributed by atoms with Crippen LogP contribution in [0, 0.1) is 0 Å². The molecule has 2 aromatic rings. The molecular weight excluding hydrogens is 320 g/mol. The zero-order valence-corrected chi connectivity index (χ0v) is 13.6. The Morgan fingerprint density at radius 1 is 0.800 bits per heavy atom. The highest BCUT2D eigenvalue weighted by molar-refractivity contribution is 6.02. The standard InChI is InChI=1S/C18H18N4O3/c1-12(23)20-14-5-2-13(3-6-14)4-11-17(24)21-15-7-9-16(10-8-15)22-18(19)25/h2-11H,1H3,(H,20,23)(H,21,24)(H3,19,22,25)/b11-4+. The second kappa shape index (κ2) is 8.30. The van der Waals surface area contributed by atoms with E-state index in [1.165, 1.54) is 13.0 Å². The van der Waals surface area contributed by atoms with Gasteiger partial charge in [0.15, 0.2) is 0 Å². The van der Waals surface area contributed by atoms with E-state index in [0.29, 0.717) is 17.1 Å². The lowest BCUT2D eigenvalue weighted by Crippen LogP contribution is -2.19. The topological polar surface area (TPSA) is 113 Å². The van der Waals surface area contributed by atoms with Crippen LogP contribution in [0.25, 0.3) is 6.08 Å². The highest BCUT2D eigenvalue weighted by atomic mass is 16.2. The number of hydrogen-bond donors (Lipinski definition) is 4. The van der Waals surface area contributed by atoms with Crippen molar-refractivity contribution >= 4 is 41.0 Å². The van der Waals surface area contributed by atoms with Crippen LogP contribution in [0.5, 0.6) is 0 Å². The molecule has 0 fully saturated rings. The number of urea groups is 1. The number of amides is 4. The highest BCUT2D eigenvalue weighted by Gasteiger charge is 2.00. The predicted octanol–water partition coefficient (Wildman–Crippen LogP) is 2.79. The Hall–Kier alpha value is -3.61. The van der Waals surface area contributed by atoms with Crippen LogP contribution < -0.4 is 21.7 Å². The number of benzene rings is 2. The van der Waals surface area contributed by atoms with Crippen molar-refractivity contribution in [1.82, 2.24) is 0 Å². The van der Waals surface area contributed by atoms with Crippen LogP contribution in [0.2, 0.25) is 0 Å². The summed E-state index contributed by atoms with van der Waals surface area (Å²) in [7, 11) is 0. The van der Waals surface area contributed by atoms with Crippen molar-refractivity contribution in [3.05, 3.63) is 60.2 Å². The molecule has 0 heterocycles. The first-order valence-corrected chi connectivity index (χ1v) is 7.45. The molecule has 0 atom stereocenters. The fourth-order valence-corrected chi connectivity index (χ4v) is 2.02. The number of anilines is 3. The summed E-state index contributed by atoms with van der Waals surface area (Å²) in [6.45, 7) is 1.44. The lowest BCUT2D eigenvalue weighted by molar-refractivity contribution is -0.114. The third-order valence-electron chi connectivity index (χ3n) is 3.08. The monoisotopic (exact) mass is 338 g/mol. The molecule has 0 aliphatic heterocycles. The van der Waals surface area contributed by atoms with Gasteiger partial charge in [-0.05, 0) is 48.0 Å². The van der Waals surface area contributed by atoms with E-state index in [-0.39, 0.29) is 11.8 Å². The largest absolute Gasteiger partial charge is 0.351 e. The average Bonchev–Trinajstić information content (AvgIpc) is 2.55. The van der Waals surface area contributed by atoms with Crippen molar-refractivity contribution < 1.29 is 14.4 Å². The summed E-state index contributed by atoms with van der Waals surface area (Å²) in [6.07, 6.45) is 3.07. The van der Waals surface area contributed by atoms with E-state index < -0.39 is 6.03 Å². The van der Waals surface area contributed by atoms with Gasteiger partial charge < -0.3 is 21.7 Å². The van der Waals surface area contributed by atoms with Crippen molar-refractivity contribution in [1.29, 1.82) is 0 Å². The Morgan fingerprint density at radius 3 is 1.80 bits per heavy atom. The molecular formula is C18H18N4O3. The molecule has 0 aliphatic rings. The summed E-state index contributed by atoms with van der Waals surface area (Å²) in [5, 5.41) is 7.81. The van der Waals surface area contributed by atoms with Gasteiger partial charge in [-0.2, -0.15) is 0 Å². The van der Waals surface area contributed by atoms with Gasteiger partial charge in [0.25, 0.3) is 0 Å². The Kier molecular flexibility index (Phi) is 5.89. The van der Waals surface area contributed by atoms with Crippen LogP contribution in [0.4, 0.5) is 21.9 Å². The van der Waals surface area contributed by atoms with E-state index in [9.17, 15) is 14.4 Å². The number of rotatable bonds is 5. The SMILES string of the molecule is CC(=O)Nc1ccc(/C=C/C(=O)Nc2ccc(NC(N)=O)cc2)cc1. The third kappa shape index (κ3) is 6.19. The van der Waals surface area contributed by atoms with E-state index >= 15 is 0 Å². The smallest absolute Gasteiger partial charge is 0.316 e. The fourth-order valence-electron chi connectivity index (χ4n) is 2.02. The molecule has 0 spiro atoms. The Bertz CT molecular complexity index is 796. The first-order chi connectivity index (χ1) is 11.9. The summed E-state index contributed by atoms with van der Waals surface area (Å²) in [6, 6.07) is 13.0. The first kappa shape index (κ1) is 17.7. The molecule has 7 heteroatoms. The molecule has 4 amide bonds. The molecule has 0 saturated heterocycles. The van der Waals surface area contributed by atoms with Gasteiger partial charge in [-0.25, -0.2) is 4.79 Å². The zero-order valence-electron chi connectivity index (χ0n) is 13.6. The minimum absolute atomic E-state index is 0.139. The number of carbonyl (C=O) groups excluding carboxylic acids is 3. The summed E-state index contributed by atoms with van der Waals surface area (Å²) in [5.41, 5.74) is 7.67. The summed E-state index contributed by atoms with van der Waals surface area (Å²) < 4.78 is 0. The molecule has 2 aromatic carbocycles. The lowest BCUT2D eigenvalue weighted by atomic mass is 10.2. The average molecular weight is 338 g/mol. The second-order valence-corrected chi connectivity index (χ2v) is 5.19. The molecule has 0 saturated carbocycles. The molecule has 0 aliphatic carbocycles. The number of nitrogens with one attached hydrogen (secondary N) is 3. The normalized spacial score (nSPS) is 10.3. The van der Waals surface area contributed by atoms with Crippen LogP contribution in [0.1, 0.15) is 12.5 Å². The molecule has 2 rings (SSSR count). The van der Waals surface area contributed by atoms with Crippen molar-refractivity contribution in [3.8, 4) is 0 Å². The molecule has 5 N–H and O–H groups in total. The van der Waals surface area contributed by atoms with Crippen LogP contribution >= 0.6 is 0 Å². The lowest BCUT2D eigenvalue weighted by Gasteiger charge is -2.05. The van der Waals surface area contributed by atoms with E-state index in [0.717, 1.165) is 5.56 Å². The van der Waals surface area contributed by atoms with Crippen LogP contribution in [0.15, 0.2) is 54.6 Å². The van der Waals surface area contributed by atoms with E-state index in [2.05, 4.69) is 16.0 Å². The van der Waals surface area contributed by atoms with Gasteiger partial charge in [0.05, 0.1) is 0 Å². The maximum absolute atomic E-state index is 11.9. The molecule has 128 valence electrons. The van der Waals surface area contributed by atoms with Gasteiger partial charge in [0.2, 0.25) is 11.8 Å². The summed E-state index contributed by atoms with van der Waals surface area (Å²) in [5.74, 6) is -0.429. The van der Waals surface area contributed by atoms with Crippen molar-refractivity contribution in [2.45, 2.75) is 6.92 Å². The van der Waals surface area contributed by atoms with Gasteiger partial charge in [0, 0.05) is 30.1 Å². The van der Waals surface area contributed by atoms with Gasteiger partial charge in [0.1, 0.15) is 0 Å². The highest BCUT2D eigenvalue weighted by Crippen LogP contribution is 2.14. The molecule has 25 heavy (non-hydrogen) atoms. The molecule has 0 unspecified atom stereocenters. The molecule has 0 bridgehead atoms. The maximum atomic E-state index is 11.9. The van der Waals surface area contributed by atoms with Crippen LogP contribution in [-0.2, 0) is 9.59 Å². The number of hydrogen-bond acceptors (Lipinski definition) is 3. The summed E-state index contributed by atoms with van der Waals surface area (Å²) >= 11 is 0. The number of nitrogens with two attached hydrogens (primary N) is 1. The second-order valence-electron chi connectivity index (χ2n) is 5.19. The van der Waals surface area contributed by atoms with Gasteiger partial charge in [-0.1, -0.05) is 12.1 Å². The minimum Gasteiger partial charge on any atom is -0.351 e. The van der Waals surface area contributed by atoms with Crippen LogP contribution in [0.3, 0.4) is 0 Å². The number of carbonyl (C=O) groups is 3. The zero-order chi connectivity index (χ0) is 18.2. The van der Waals surface area contributed by atoms with Crippen molar-refractivity contribution in [2.75, 3.05) is 16.0 Å². The Morgan fingerprint density at radius 2 is 1.28 bits per heavy atom. The molecule has 0 aromatic heterocycles. The van der Waals surface area contributed by atoms with Crippen LogP contribution in [-0.4, -0.2) is 17.8 Å². The van der Waals surface area contributed by atoms with Crippen molar-refractivity contribution in [2.24, 2.45) is 5.73 Å². The first-order valence-electron chi connectivity index (χ1n) is 7.45. The Labute approximate surface area is 144 Å². The molecule has 0 radical (unpaired) electrons.